The number of aryl methyl sites for hydroxylation is 1. The van der Waals surface area contributed by atoms with E-state index in [1.54, 1.807) is 7.11 Å². The third-order valence-corrected chi connectivity index (χ3v) is 6.17. The van der Waals surface area contributed by atoms with Crippen molar-refractivity contribution in [1.29, 1.82) is 0 Å². The van der Waals surface area contributed by atoms with Crippen molar-refractivity contribution >= 4 is 29.9 Å². The number of aromatic nitrogens is 3. The van der Waals surface area contributed by atoms with Gasteiger partial charge >= 0.3 is 0 Å². The molecular formula is C25H33IN6O. The lowest BCUT2D eigenvalue weighted by Crippen LogP contribution is -2.41. The minimum absolute atomic E-state index is 0. The monoisotopic (exact) mass is 560 g/mol. The van der Waals surface area contributed by atoms with Crippen molar-refractivity contribution in [3.8, 4) is 5.75 Å². The van der Waals surface area contributed by atoms with Crippen molar-refractivity contribution in [3.05, 3.63) is 77.4 Å². The van der Waals surface area contributed by atoms with Crippen molar-refractivity contribution < 1.29 is 4.74 Å². The summed E-state index contributed by atoms with van der Waals surface area (Å²) in [6.07, 6.45) is 2.05. The number of aliphatic imine (C=N–C) groups is 1. The number of hydrogen-bond donors (Lipinski definition) is 1. The number of guanidine groups is 1. The highest BCUT2D eigenvalue weighted by atomic mass is 127. The lowest BCUT2D eigenvalue weighted by molar-refractivity contribution is 0.414. The van der Waals surface area contributed by atoms with Crippen molar-refractivity contribution in [1.82, 2.24) is 25.0 Å². The van der Waals surface area contributed by atoms with Crippen LogP contribution in [0.1, 0.15) is 35.1 Å². The lowest BCUT2D eigenvalue weighted by atomic mass is 9.99. The standard InChI is InChI=1S/C25H32N6O.HI/c1-19-28-29-24(30(19)2)17-27-25(26-15-13-20-9-11-23(32-3)12-10-20)31-16-14-22(18-31)21-7-5-4-6-8-21;/h4-12,22H,13-18H2,1-3H3,(H,26,27);1H. The third-order valence-electron chi connectivity index (χ3n) is 6.17. The van der Waals surface area contributed by atoms with Crippen molar-refractivity contribution in [2.24, 2.45) is 12.0 Å². The van der Waals surface area contributed by atoms with Gasteiger partial charge in [0, 0.05) is 32.6 Å². The highest BCUT2D eigenvalue weighted by molar-refractivity contribution is 14.0. The smallest absolute Gasteiger partial charge is 0.194 e. The molecule has 0 bridgehead atoms. The van der Waals surface area contributed by atoms with Crippen molar-refractivity contribution in [3.63, 3.8) is 0 Å². The van der Waals surface area contributed by atoms with Crippen LogP contribution >= 0.6 is 24.0 Å². The van der Waals surface area contributed by atoms with Gasteiger partial charge in [0.25, 0.3) is 0 Å². The van der Waals surface area contributed by atoms with E-state index in [4.69, 9.17) is 9.73 Å². The van der Waals surface area contributed by atoms with Crippen molar-refractivity contribution in [2.45, 2.75) is 32.2 Å². The maximum Gasteiger partial charge on any atom is 0.194 e. The third kappa shape index (κ3) is 6.46. The number of halogens is 1. The average Bonchev–Trinajstić information content (AvgIpc) is 3.45. The van der Waals surface area contributed by atoms with Crippen LogP contribution in [0.2, 0.25) is 0 Å². The molecule has 0 spiro atoms. The van der Waals surface area contributed by atoms with Crippen LogP contribution in [0.5, 0.6) is 5.75 Å². The van der Waals surface area contributed by atoms with Gasteiger partial charge in [0.1, 0.15) is 18.1 Å². The Hall–Kier alpha value is -2.62. The van der Waals surface area contributed by atoms with Crippen LogP contribution in [0.25, 0.3) is 0 Å². The minimum atomic E-state index is 0. The van der Waals surface area contributed by atoms with Gasteiger partial charge in [-0.15, -0.1) is 34.2 Å². The second-order valence-corrected chi connectivity index (χ2v) is 8.23. The lowest BCUT2D eigenvalue weighted by Gasteiger charge is -2.22. The summed E-state index contributed by atoms with van der Waals surface area (Å²) >= 11 is 0. The zero-order valence-electron chi connectivity index (χ0n) is 19.6. The second-order valence-electron chi connectivity index (χ2n) is 8.23. The number of methoxy groups -OCH3 is 1. The fraction of sp³-hybridized carbons (Fsp3) is 0.400. The van der Waals surface area contributed by atoms with Crippen LogP contribution in [-0.2, 0) is 20.0 Å². The summed E-state index contributed by atoms with van der Waals surface area (Å²) in [5.41, 5.74) is 2.67. The van der Waals surface area contributed by atoms with Gasteiger partial charge in [-0.25, -0.2) is 4.99 Å². The van der Waals surface area contributed by atoms with Gasteiger partial charge in [-0.1, -0.05) is 42.5 Å². The van der Waals surface area contributed by atoms with Gasteiger partial charge in [0.2, 0.25) is 0 Å². The van der Waals surface area contributed by atoms with E-state index < -0.39 is 0 Å². The number of nitrogens with one attached hydrogen (secondary N) is 1. The van der Waals surface area contributed by atoms with Crippen LogP contribution in [-0.4, -0.2) is 52.4 Å². The number of rotatable bonds is 7. The first-order chi connectivity index (χ1) is 15.6. The molecule has 1 aliphatic rings. The number of ether oxygens (including phenoxy) is 1. The van der Waals surface area contributed by atoms with E-state index in [9.17, 15) is 0 Å². The first kappa shape index (κ1) is 25.0. The molecule has 176 valence electrons. The molecule has 0 amide bonds. The fourth-order valence-electron chi connectivity index (χ4n) is 4.06. The molecule has 2 aromatic carbocycles. The summed E-state index contributed by atoms with van der Waals surface area (Å²) < 4.78 is 7.25. The molecule has 7 nitrogen and oxygen atoms in total. The molecule has 1 atom stereocenters. The molecule has 0 aliphatic carbocycles. The van der Waals surface area contributed by atoms with Crippen LogP contribution in [0.3, 0.4) is 0 Å². The van der Waals surface area contributed by atoms with Gasteiger partial charge in [-0.05, 0) is 43.0 Å². The van der Waals surface area contributed by atoms with Gasteiger partial charge in [-0.3, -0.25) is 0 Å². The van der Waals surface area contributed by atoms with Crippen LogP contribution in [0, 0.1) is 6.92 Å². The summed E-state index contributed by atoms with van der Waals surface area (Å²) in [6.45, 7) is 5.24. The summed E-state index contributed by atoms with van der Waals surface area (Å²) in [5.74, 6) is 4.12. The molecule has 1 saturated heterocycles. The Morgan fingerprint density at radius 3 is 2.55 bits per heavy atom. The molecule has 3 aromatic rings. The normalized spacial score (nSPS) is 15.9. The number of nitrogens with zero attached hydrogens (tertiary/aromatic N) is 5. The van der Waals surface area contributed by atoms with Gasteiger partial charge in [-0.2, -0.15) is 0 Å². The van der Waals surface area contributed by atoms with Gasteiger partial charge < -0.3 is 19.5 Å². The molecule has 8 heteroatoms. The van der Waals surface area contributed by atoms with Crippen LogP contribution in [0.4, 0.5) is 0 Å². The quantitative estimate of drug-likeness (QED) is 0.270. The number of likely N-dealkylation sites (tertiary alicyclic amines) is 1. The maximum absolute atomic E-state index is 5.26. The molecular weight excluding hydrogens is 527 g/mol. The van der Waals surface area contributed by atoms with E-state index in [-0.39, 0.29) is 24.0 Å². The number of hydrogen-bond acceptors (Lipinski definition) is 4. The Bertz CT molecular complexity index is 1030. The maximum atomic E-state index is 5.26. The van der Waals surface area contributed by atoms with E-state index in [2.05, 4.69) is 62.9 Å². The Morgan fingerprint density at radius 2 is 1.88 bits per heavy atom. The van der Waals surface area contributed by atoms with Gasteiger partial charge in [0.05, 0.1) is 7.11 Å². The highest BCUT2D eigenvalue weighted by Gasteiger charge is 2.26. The van der Waals surface area contributed by atoms with Crippen LogP contribution in [0.15, 0.2) is 59.6 Å². The zero-order chi connectivity index (χ0) is 22.3. The first-order valence-corrected chi connectivity index (χ1v) is 11.2. The Labute approximate surface area is 213 Å². The fourth-order valence-corrected chi connectivity index (χ4v) is 4.06. The summed E-state index contributed by atoms with van der Waals surface area (Å²) in [7, 11) is 3.68. The Kier molecular flexibility index (Phi) is 9.11. The van der Waals surface area contributed by atoms with Gasteiger partial charge in [0.15, 0.2) is 11.8 Å². The zero-order valence-corrected chi connectivity index (χ0v) is 21.9. The molecule has 1 unspecified atom stereocenters. The molecule has 1 aliphatic heterocycles. The first-order valence-electron chi connectivity index (χ1n) is 11.2. The molecule has 4 rings (SSSR count). The average molecular weight is 560 g/mol. The number of benzene rings is 2. The predicted octanol–water partition coefficient (Wildman–Crippen LogP) is 3.93. The van der Waals surface area contributed by atoms with E-state index >= 15 is 0 Å². The Morgan fingerprint density at radius 1 is 1.12 bits per heavy atom. The van der Waals surface area contributed by atoms with Crippen molar-refractivity contribution in [2.75, 3.05) is 26.7 Å². The molecule has 1 fully saturated rings. The van der Waals surface area contributed by atoms with E-state index in [0.717, 1.165) is 55.8 Å². The minimum Gasteiger partial charge on any atom is -0.497 e. The largest absolute Gasteiger partial charge is 0.497 e. The summed E-state index contributed by atoms with van der Waals surface area (Å²) in [6, 6.07) is 19.0. The molecule has 1 aromatic heterocycles. The molecule has 0 saturated carbocycles. The summed E-state index contributed by atoms with van der Waals surface area (Å²) in [5, 5.41) is 12.0. The molecule has 0 radical (unpaired) electrons. The SMILES string of the molecule is COc1ccc(CCNC(=NCc2nnc(C)n2C)N2CCC(c3ccccc3)C2)cc1.I. The van der Waals surface area contributed by atoms with E-state index in [1.165, 1.54) is 11.1 Å². The highest BCUT2D eigenvalue weighted by Crippen LogP contribution is 2.27. The topological polar surface area (TPSA) is 67.6 Å². The molecule has 33 heavy (non-hydrogen) atoms. The molecule has 1 N–H and O–H groups in total. The predicted molar refractivity (Wildman–Crippen MR) is 142 cm³/mol. The van der Waals surface area contributed by atoms with E-state index in [1.807, 2.05) is 30.7 Å². The molecule has 2 heterocycles. The van der Waals surface area contributed by atoms with E-state index in [0.29, 0.717) is 12.5 Å². The second kappa shape index (κ2) is 12.0. The Balaban J connectivity index is 0.00000306. The van der Waals surface area contributed by atoms with Crippen LogP contribution < -0.4 is 10.1 Å². The summed E-state index contributed by atoms with van der Waals surface area (Å²) in [4.78, 5) is 7.29.